The smallest absolute Gasteiger partial charge is 0.153 e. The summed E-state index contributed by atoms with van der Waals surface area (Å²) in [5.41, 5.74) is 0. The summed E-state index contributed by atoms with van der Waals surface area (Å²) in [5, 5.41) is 12.1. The fourth-order valence-electron chi connectivity index (χ4n) is 2.12. The van der Waals surface area contributed by atoms with E-state index in [0.29, 0.717) is 13.1 Å². The van der Waals surface area contributed by atoms with E-state index in [2.05, 4.69) is 10.2 Å². The number of nitrogens with zero attached hydrogens (tertiary/aromatic N) is 1. The van der Waals surface area contributed by atoms with Crippen LogP contribution < -0.4 is 5.32 Å². The van der Waals surface area contributed by atoms with E-state index in [1.807, 2.05) is 0 Å². The van der Waals surface area contributed by atoms with E-state index in [4.69, 9.17) is 5.11 Å². The van der Waals surface area contributed by atoms with Crippen molar-refractivity contribution in [1.82, 2.24) is 10.2 Å². The van der Waals surface area contributed by atoms with Crippen LogP contribution >= 0.6 is 0 Å². The lowest BCUT2D eigenvalue weighted by Gasteiger charge is -2.42. The van der Waals surface area contributed by atoms with Gasteiger partial charge in [-0.25, -0.2) is 8.42 Å². The molecule has 82 valence electrons. The van der Waals surface area contributed by atoms with Gasteiger partial charge in [0.2, 0.25) is 0 Å². The molecule has 2 heterocycles. The Hall–Kier alpha value is -0.170. The zero-order valence-corrected chi connectivity index (χ0v) is 8.83. The second-order valence-corrected chi connectivity index (χ2v) is 6.28. The third-order valence-electron chi connectivity index (χ3n) is 2.97. The summed E-state index contributed by atoms with van der Waals surface area (Å²) in [4.78, 5) is 2.17. The molecule has 2 fully saturated rings. The topological polar surface area (TPSA) is 69.6 Å². The molecule has 0 radical (unpaired) electrons. The zero-order valence-electron chi connectivity index (χ0n) is 8.02. The van der Waals surface area contributed by atoms with Crippen molar-refractivity contribution >= 4 is 9.84 Å². The Kier molecular flexibility index (Phi) is 2.79. The highest BCUT2D eigenvalue weighted by Crippen LogP contribution is 2.14. The molecule has 14 heavy (non-hydrogen) atoms. The fraction of sp³-hybridized carbons (Fsp3) is 1.00. The first-order valence-corrected chi connectivity index (χ1v) is 6.71. The van der Waals surface area contributed by atoms with Crippen LogP contribution in [0, 0.1) is 0 Å². The molecule has 5 nitrogen and oxygen atoms in total. The molecule has 0 aromatic heterocycles. The largest absolute Gasteiger partial charge is 0.395 e. The Morgan fingerprint density at radius 3 is 3.00 bits per heavy atom. The highest BCUT2D eigenvalue weighted by Gasteiger charge is 2.35. The van der Waals surface area contributed by atoms with Crippen LogP contribution in [0.4, 0.5) is 0 Å². The van der Waals surface area contributed by atoms with Gasteiger partial charge in [0.1, 0.15) is 0 Å². The molecule has 2 aliphatic rings. The second kappa shape index (κ2) is 3.77. The molecule has 2 rings (SSSR count). The van der Waals surface area contributed by atoms with Crippen LogP contribution in [-0.4, -0.2) is 68.3 Å². The van der Waals surface area contributed by atoms with Gasteiger partial charge in [-0.05, 0) is 0 Å². The number of hydrogen-bond donors (Lipinski definition) is 2. The molecule has 0 unspecified atom stereocenters. The van der Waals surface area contributed by atoms with Gasteiger partial charge >= 0.3 is 0 Å². The van der Waals surface area contributed by atoms with Gasteiger partial charge in [-0.1, -0.05) is 0 Å². The molecule has 0 aliphatic carbocycles. The van der Waals surface area contributed by atoms with Crippen molar-refractivity contribution in [1.29, 1.82) is 0 Å². The summed E-state index contributed by atoms with van der Waals surface area (Å²) >= 11 is 0. The summed E-state index contributed by atoms with van der Waals surface area (Å²) in [6, 6.07) is 0.212. The van der Waals surface area contributed by atoms with Gasteiger partial charge in [-0.3, -0.25) is 4.90 Å². The molecule has 2 aliphatic heterocycles. The Labute approximate surface area is 84.0 Å². The molecular weight excluding hydrogens is 204 g/mol. The third-order valence-corrected chi connectivity index (χ3v) is 4.67. The minimum atomic E-state index is -2.82. The molecule has 2 saturated heterocycles. The maximum absolute atomic E-state index is 11.4. The maximum Gasteiger partial charge on any atom is 0.153 e. The number of hydrogen-bond acceptors (Lipinski definition) is 5. The fourth-order valence-corrected chi connectivity index (χ4v) is 3.72. The SMILES string of the molecule is O=S1(=O)CCN2C[C@@H](CO)NC[C@@H]2C1. The number of piperazine rings is 1. The van der Waals surface area contributed by atoms with E-state index in [1.54, 1.807) is 0 Å². The molecule has 0 amide bonds. The lowest BCUT2D eigenvalue weighted by Crippen LogP contribution is -2.62. The standard InChI is InChI=1S/C8H16N2O3S/c11-5-7-4-10-1-2-14(12,13)6-8(10)3-9-7/h7-9,11H,1-6H2/t7-,8+/m0/s1. The highest BCUT2D eigenvalue weighted by atomic mass is 32.2. The van der Waals surface area contributed by atoms with Crippen LogP contribution in [0.1, 0.15) is 0 Å². The van der Waals surface area contributed by atoms with Crippen LogP contribution in [0.5, 0.6) is 0 Å². The van der Waals surface area contributed by atoms with Crippen molar-refractivity contribution < 1.29 is 13.5 Å². The Morgan fingerprint density at radius 1 is 1.50 bits per heavy atom. The number of rotatable bonds is 1. The summed E-state index contributed by atoms with van der Waals surface area (Å²) in [6.45, 7) is 2.17. The van der Waals surface area contributed by atoms with E-state index in [1.165, 1.54) is 0 Å². The predicted molar refractivity (Wildman–Crippen MR) is 52.9 cm³/mol. The van der Waals surface area contributed by atoms with Gasteiger partial charge < -0.3 is 10.4 Å². The maximum atomic E-state index is 11.4. The summed E-state index contributed by atoms with van der Waals surface area (Å²) in [5.74, 6) is 0.528. The molecule has 0 spiro atoms. The Morgan fingerprint density at radius 2 is 2.29 bits per heavy atom. The van der Waals surface area contributed by atoms with Crippen molar-refractivity contribution in [2.24, 2.45) is 0 Å². The lowest BCUT2D eigenvalue weighted by atomic mass is 10.1. The van der Waals surface area contributed by atoms with Crippen LogP contribution in [-0.2, 0) is 9.84 Å². The van der Waals surface area contributed by atoms with Gasteiger partial charge in [0.25, 0.3) is 0 Å². The van der Waals surface area contributed by atoms with Gasteiger partial charge in [-0.2, -0.15) is 0 Å². The highest BCUT2D eigenvalue weighted by molar-refractivity contribution is 7.91. The number of nitrogens with one attached hydrogen (secondary N) is 1. The van der Waals surface area contributed by atoms with Crippen molar-refractivity contribution in [3.63, 3.8) is 0 Å². The molecule has 0 saturated carbocycles. The zero-order chi connectivity index (χ0) is 10.2. The van der Waals surface area contributed by atoms with Crippen LogP contribution in [0.15, 0.2) is 0 Å². The molecule has 0 aromatic carbocycles. The average Bonchev–Trinajstić information content (AvgIpc) is 2.16. The molecular formula is C8H16N2O3S. The number of aliphatic hydroxyl groups is 1. The van der Waals surface area contributed by atoms with E-state index >= 15 is 0 Å². The number of fused-ring (bicyclic) bond motifs is 1. The molecule has 2 atom stereocenters. The van der Waals surface area contributed by atoms with Crippen molar-refractivity contribution in [2.75, 3.05) is 37.7 Å². The minimum Gasteiger partial charge on any atom is -0.395 e. The normalized spacial score (nSPS) is 37.8. The number of aliphatic hydroxyl groups excluding tert-OH is 1. The van der Waals surface area contributed by atoms with Gasteiger partial charge in [0.15, 0.2) is 9.84 Å². The second-order valence-electron chi connectivity index (χ2n) is 4.05. The monoisotopic (exact) mass is 220 g/mol. The summed E-state index contributed by atoms with van der Waals surface area (Å²) in [6.07, 6.45) is 0. The Bertz CT molecular complexity index is 304. The summed E-state index contributed by atoms with van der Waals surface area (Å²) in [7, 11) is -2.82. The number of sulfone groups is 1. The van der Waals surface area contributed by atoms with Gasteiger partial charge in [0, 0.05) is 31.7 Å². The van der Waals surface area contributed by atoms with E-state index in [0.717, 1.165) is 6.54 Å². The van der Waals surface area contributed by atoms with Gasteiger partial charge in [0.05, 0.1) is 18.1 Å². The van der Waals surface area contributed by atoms with E-state index < -0.39 is 9.84 Å². The molecule has 6 heteroatoms. The first-order valence-electron chi connectivity index (χ1n) is 4.89. The van der Waals surface area contributed by atoms with Crippen LogP contribution in [0.3, 0.4) is 0 Å². The van der Waals surface area contributed by atoms with Crippen LogP contribution in [0.25, 0.3) is 0 Å². The first kappa shape index (κ1) is 10.4. The average molecular weight is 220 g/mol. The molecule has 0 aromatic rings. The van der Waals surface area contributed by atoms with Crippen molar-refractivity contribution in [2.45, 2.75) is 12.1 Å². The van der Waals surface area contributed by atoms with Crippen molar-refractivity contribution in [3.05, 3.63) is 0 Å². The quantitative estimate of drug-likeness (QED) is 0.537. The Balaban J connectivity index is 2.01. The predicted octanol–water partition coefficient (Wildman–Crippen LogP) is -1.95. The molecule has 2 N–H and O–H groups in total. The third kappa shape index (κ3) is 2.08. The molecule has 0 bridgehead atoms. The van der Waals surface area contributed by atoms with Crippen LogP contribution in [0.2, 0.25) is 0 Å². The first-order chi connectivity index (χ1) is 6.61. The van der Waals surface area contributed by atoms with Crippen molar-refractivity contribution in [3.8, 4) is 0 Å². The lowest BCUT2D eigenvalue weighted by molar-refractivity contribution is 0.111. The van der Waals surface area contributed by atoms with E-state index in [9.17, 15) is 8.42 Å². The summed E-state index contributed by atoms with van der Waals surface area (Å²) < 4.78 is 22.7. The minimum absolute atomic E-state index is 0.104. The van der Waals surface area contributed by atoms with E-state index in [-0.39, 0.29) is 30.2 Å². The van der Waals surface area contributed by atoms with Gasteiger partial charge in [-0.15, -0.1) is 0 Å².